The van der Waals surface area contributed by atoms with E-state index in [1.807, 2.05) is 0 Å². The van der Waals surface area contributed by atoms with Gasteiger partial charge in [-0.3, -0.25) is 0 Å². The molecule has 0 bridgehead atoms. The molecule has 1 rings (SSSR count). The normalized spacial score (nSPS) is 11.3. The molecular formula is C12H16F3O3Si. The molecule has 3 nitrogen and oxygen atoms in total. The van der Waals surface area contributed by atoms with E-state index in [0.29, 0.717) is 31.9 Å². The van der Waals surface area contributed by atoms with E-state index in [9.17, 15) is 13.2 Å². The number of halogens is 3. The maximum absolute atomic E-state index is 13.3. The van der Waals surface area contributed by atoms with Crippen molar-refractivity contribution in [3.63, 3.8) is 0 Å². The molecule has 0 fully saturated rings. The van der Waals surface area contributed by atoms with E-state index < -0.39 is 27.0 Å². The van der Waals surface area contributed by atoms with Crippen LogP contribution in [0.1, 0.15) is 18.4 Å². The van der Waals surface area contributed by atoms with Crippen LogP contribution >= 0.6 is 0 Å². The first kappa shape index (κ1) is 16.2. The highest BCUT2D eigenvalue weighted by Gasteiger charge is 2.14. The van der Waals surface area contributed by atoms with Gasteiger partial charge in [-0.15, -0.1) is 0 Å². The minimum atomic E-state index is -1.67. The van der Waals surface area contributed by atoms with Gasteiger partial charge < -0.3 is 13.3 Å². The van der Waals surface area contributed by atoms with Crippen LogP contribution in [0, 0.1) is 17.5 Å². The van der Waals surface area contributed by atoms with E-state index in [0.717, 1.165) is 6.07 Å². The van der Waals surface area contributed by atoms with Gasteiger partial charge >= 0.3 is 9.53 Å². The molecule has 0 aliphatic heterocycles. The molecule has 1 aromatic rings. The average Bonchev–Trinajstić information content (AvgIpc) is 2.39. The Balaban J connectivity index is 2.32. The Morgan fingerprint density at radius 2 is 1.58 bits per heavy atom. The third-order valence-corrected chi connectivity index (χ3v) is 3.59. The van der Waals surface area contributed by atoms with Crippen LogP contribution in [0.15, 0.2) is 12.1 Å². The summed E-state index contributed by atoms with van der Waals surface area (Å²) in [5.74, 6) is -2.92. The Kier molecular flexibility index (Phi) is 7.07. The Morgan fingerprint density at radius 1 is 0.947 bits per heavy atom. The molecule has 0 atom stereocenters. The van der Waals surface area contributed by atoms with Crippen LogP contribution in [0.4, 0.5) is 13.2 Å². The highest BCUT2D eigenvalue weighted by Crippen LogP contribution is 2.15. The Hall–Kier alpha value is -0.893. The lowest BCUT2D eigenvalue weighted by molar-refractivity contribution is 0.133. The van der Waals surface area contributed by atoms with Crippen LogP contribution < -0.4 is 0 Å². The number of benzene rings is 1. The van der Waals surface area contributed by atoms with Gasteiger partial charge in [0, 0.05) is 26.9 Å². The molecule has 0 spiro atoms. The summed E-state index contributed by atoms with van der Waals surface area (Å²) in [5.41, 5.74) is 0.169. The molecule has 0 N–H and O–H groups in total. The largest absolute Gasteiger partial charge is 0.577 e. The third kappa shape index (κ3) is 5.31. The highest BCUT2D eigenvalue weighted by molar-refractivity contribution is 6.36. The molecule has 0 saturated heterocycles. The van der Waals surface area contributed by atoms with E-state index in [2.05, 4.69) is 0 Å². The molecule has 0 saturated carbocycles. The Labute approximate surface area is 112 Å². The van der Waals surface area contributed by atoms with Crippen LogP contribution in [0.3, 0.4) is 0 Å². The number of hydrogen-bond donors (Lipinski definition) is 0. The molecule has 0 aliphatic carbocycles. The van der Waals surface area contributed by atoms with Gasteiger partial charge in [0.2, 0.25) is 0 Å². The molecule has 1 aromatic carbocycles. The van der Waals surface area contributed by atoms with E-state index in [-0.39, 0.29) is 5.56 Å². The van der Waals surface area contributed by atoms with E-state index in [4.69, 9.17) is 13.3 Å². The molecule has 19 heavy (non-hydrogen) atoms. The molecule has 7 heteroatoms. The second-order valence-electron chi connectivity index (χ2n) is 3.82. The number of unbranched alkanes of at least 4 members (excludes halogenated alkanes) is 1. The average molecular weight is 293 g/mol. The second kappa shape index (κ2) is 8.31. The van der Waals surface area contributed by atoms with Crippen LogP contribution in [0.25, 0.3) is 0 Å². The smallest absolute Gasteiger partial charge is 0.375 e. The number of hydrogen-bond acceptors (Lipinski definition) is 3. The van der Waals surface area contributed by atoms with Gasteiger partial charge in [-0.25, -0.2) is 13.2 Å². The molecule has 0 amide bonds. The standard InChI is InChI=1S/C12H16F3O3Si/c1-16-19(17-2)18-6-4-3-5-9-7-11(14)12(15)8-10(9)13/h7-8H,3-6H2,1-2H3. The van der Waals surface area contributed by atoms with Crippen molar-refractivity contribution in [2.75, 3.05) is 20.8 Å². The van der Waals surface area contributed by atoms with Gasteiger partial charge in [-0.05, 0) is 30.9 Å². The van der Waals surface area contributed by atoms with Gasteiger partial charge in [0.05, 0.1) is 0 Å². The molecule has 0 unspecified atom stereocenters. The third-order valence-electron chi connectivity index (χ3n) is 2.48. The maximum Gasteiger partial charge on any atom is 0.577 e. The zero-order valence-corrected chi connectivity index (χ0v) is 11.8. The molecule has 1 radical (unpaired) electrons. The lowest BCUT2D eigenvalue weighted by Crippen LogP contribution is -2.24. The van der Waals surface area contributed by atoms with Crippen LogP contribution in [-0.4, -0.2) is 30.4 Å². The van der Waals surface area contributed by atoms with E-state index in [1.165, 1.54) is 14.2 Å². The first-order valence-electron chi connectivity index (χ1n) is 5.79. The fraction of sp³-hybridized carbons (Fsp3) is 0.500. The minimum Gasteiger partial charge on any atom is -0.375 e. The first-order chi connectivity index (χ1) is 9.08. The summed E-state index contributed by atoms with van der Waals surface area (Å²) < 4.78 is 54.1. The maximum atomic E-state index is 13.3. The first-order valence-corrected chi connectivity index (χ1v) is 7.02. The SMILES string of the molecule is CO[Si](OC)OCCCCc1cc(F)c(F)cc1F. The van der Waals surface area contributed by atoms with Gasteiger partial charge in [-0.2, -0.15) is 0 Å². The summed E-state index contributed by atoms with van der Waals surface area (Å²) in [5, 5.41) is 0. The van der Waals surface area contributed by atoms with Crippen molar-refractivity contribution >= 4 is 9.53 Å². The van der Waals surface area contributed by atoms with Gasteiger partial charge in [0.1, 0.15) is 5.82 Å². The summed E-state index contributed by atoms with van der Waals surface area (Å²) in [4.78, 5) is 0. The quantitative estimate of drug-likeness (QED) is 0.419. The summed E-state index contributed by atoms with van der Waals surface area (Å²) in [6.45, 7) is 0.418. The minimum absolute atomic E-state index is 0.169. The predicted octanol–water partition coefficient (Wildman–Crippen LogP) is 2.72. The fourth-order valence-corrected chi connectivity index (χ4v) is 2.24. The number of aryl methyl sites for hydroxylation is 1. The van der Waals surface area contributed by atoms with Crippen LogP contribution in [0.5, 0.6) is 0 Å². The Morgan fingerprint density at radius 3 is 2.21 bits per heavy atom. The van der Waals surface area contributed by atoms with Crippen LogP contribution in [0.2, 0.25) is 0 Å². The van der Waals surface area contributed by atoms with E-state index in [1.54, 1.807) is 0 Å². The van der Waals surface area contributed by atoms with Crippen molar-refractivity contribution < 1.29 is 26.4 Å². The number of rotatable bonds is 8. The summed E-state index contributed by atoms with van der Waals surface area (Å²) in [7, 11) is 1.32. The molecule has 0 aliphatic rings. The van der Waals surface area contributed by atoms with Crippen molar-refractivity contribution in [2.45, 2.75) is 19.3 Å². The lowest BCUT2D eigenvalue weighted by atomic mass is 10.1. The molecule has 0 heterocycles. The Bertz CT molecular complexity index is 400. The zero-order chi connectivity index (χ0) is 14.3. The highest BCUT2D eigenvalue weighted by atomic mass is 28.3. The van der Waals surface area contributed by atoms with Gasteiger partial charge in [0.25, 0.3) is 0 Å². The summed E-state index contributed by atoms with van der Waals surface area (Å²) >= 11 is 0. The second-order valence-corrected chi connectivity index (χ2v) is 5.43. The van der Waals surface area contributed by atoms with Gasteiger partial charge in [0.15, 0.2) is 11.6 Å². The zero-order valence-electron chi connectivity index (χ0n) is 10.8. The van der Waals surface area contributed by atoms with Gasteiger partial charge in [-0.1, -0.05) is 0 Å². The molecule has 107 valence electrons. The topological polar surface area (TPSA) is 27.7 Å². The monoisotopic (exact) mass is 293 g/mol. The van der Waals surface area contributed by atoms with Crippen molar-refractivity contribution in [1.29, 1.82) is 0 Å². The van der Waals surface area contributed by atoms with Crippen LogP contribution in [-0.2, 0) is 19.7 Å². The lowest BCUT2D eigenvalue weighted by Gasteiger charge is -2.09. The van der Waals surface area contributed by atoms with Crippen molar-refractivity contribution in [2.24, 2.45) is 0 Å². The molecule has 0 aromatic heterocycles. The molecular weight excluding hydrogens is 277 g/mol. The van der Waals surface area contributed by atoms with Crippen molar-refractivity contribution in [1.82, 2.24) is 0 Å². The van der Waals surface area contributed by atoms with Crippen molar-refractivity contribution in [3.05, 3.63) is 35.1 Å². The fourth-order valence-electron chi connectivity index (χ4n) is 1.53. The van der Waals surface area contributed by atoms with Crippen molar-refractivity contribution in [3.8, 4) is 0 Å². The summed E-state index contributed by atoms with van der Waals surface area (Å²) in [6, 6.07) is 1.46. The summed E-state index contributed by atoms with van der Waals surface area (Å²) in [6.07, 6.45) is 1.58. The van der Waals surface area contributed by atoms with E-state index >= 15 is 0 Å². The predicted molar refractivity (Wildman–Crippen MR) is 65.0 cm³/mol.